The van der Waals surface area contributed by atoms with Gasteiger partial charge in [-0.1, -0.05) is 31.2 Å². The molecule has 2 rings (SSSR count). The van der Waals surface area contributed by atoms with Crippen LogP contribution in [0.15, 0.2) is 42.5 Å². The lowest BCUT2D eigenvalue weighted by Crippen LogP contribution is -1.99. The maximum atomic E-state index is 13.4. The number of anilines is 1. The molecule has 0 aliphatic carbocycles. The van der Waals surface area contributed by atoms with Gasteiger partial charge >= 0.3 is 0 Å². The SMILES string of the molecule is CCNc1ccc(F)cc1-c1cccc(CC)c1. The van der Waals surface area contributed by atoms with E-state index in [-0.39, 0.29) is 5.82 Å². The fraction of sp³-hybridized carbons (Fsp3) is 0.250. The summed E-state index contributed by atoms with van der Waals surface area (Å²) in [6.45, 7) is 4.98. The Balaban J connectivity index is 2.50. The smallest absolute Gasteiger partial charge is 0.123 e. The van der Waals surface area contributed by atoms with Crippen LogP contribution in [0.25, 0.3) is 11.1 Å². The fourth-order valence-electron chi connectivity index (χ4n) is 2.06. The summed E-state index contributed by atoms with van der Waals surface area (Å²) in [5.74, 6) is -0.200. The number of nitrogens with one attached hydrogen (secondary N) is 1. The lowest BCUT2D eigenvalue weighted by Gasteiger charge is -2.12. The molecule has 0 saturated carbocycles. The van der Waals surface area contributed by atoms with Crippen molar-refractivity contribution in [3.05, 3.63) is 53.8 Å². The van der Waals surface area contributed by atoms with Crippen molar-refractivity contribution in [1.82, 2.24) is 0 Å². The molecule has 0 aromatic heterocycles. The molecule has 0 aliphatic heterocycles. The lowest BCUT2D eigenvalue weighted by molar-refractivity contribution is 0.628. The van der Waals surface area contributed by atoms with Crippen molar-refractivity contribution in [2.75, 3.05) is 11.9 Å². The van der Waals surface area contributed by atoms with Gasteiger partial charge in [-0.15, -0.1) is 0 Å². The van der Waals surface area contributed by atoms with Gasteiger partial charge in [0.1, 0.15) is 5.82 Å². The first-order valence-corrected chi connectivity index (χ1v) is 6.37. The van der Waals surface area contributed by atoms with Gasteiger partial charge in [0.25, 0.3) is 0 Å². The first kappa shape index (κ1) is 12.6. The summed E-state index contributed by atoms with van der Waals surface area (Å²) in [7, 11) is 0. The third-order valence-electron chi connectivity index (χ3n) is 3.00. The highest BCUT2D eigenvalue weighted by Crippen LogP contribution is 2.29. The van der Waals surface area contributed by atoms with Crippen molar-refractivity contribution in [3.63, 3.8) is 0 Å². The van der Waals surface area contributed by atoms with E-state index >= 15 is 0 Å². The topological polar surface area (TPSA) is 12.0 Å². The summed E-state index contributed by atoms with van der Waals surface area (Å²) in [4.78, 5) is 0. The van der Waals surface area contributed by atoms with Gasteiger partial charge in [0.05, 0.1) is 0 Å². The lowest BCUT2D eigenvalue weighted by atomic mass is 10.0. The van der Waals surface area contributed by atoms with Crippen LogP contribution in [-0.2, 0) is 6.42 Å². The van der Waals surface area contributed by atoms with Crippen LogP contribution in [0, 0.1) is 5.82 Å². The Morgan fingerprint density at radius 1 is 1.06 bits per heavy atom. The maximum Gasteiger partial charge on any atom is 0.123 e. The first-order valence-electron chi connectivity index (χ1n) is 6.37. The molecule has 2 heteroatoms. The molecule has 0 unspecified atom stereocenters. The molecule has 0 bridgehead atoms. The van der Waals surface area contributed by atoms with E-state index in [1.54, 1.807) is 12.1 Å². The highest BCUT2D eigenvalue weighted by Gasteiger charge is 2.06. The number of rotatable bonds is 4. The molecule has 18 heavy (non-hydrogen) atoms. The van der Waals surface area contributed by atoms with Crippen LogP contribution in [0.5, 0.6) is 0 Å². The average Bonchev–Trinajstić information content (AvgIpc) is 2.41. The van der Waals surface area contributed by atoms with Gasteiger partial charge in [0.15, 0.2) is 0 Å². The monoisotopic (exact) mass is 243 g/mol. The van der Waals surface area contributed by atoms with E-state index in [9.17, 15) is 4.39 Å². The van der Waals surface area contributed by atoms with Crippen molar-refractivity contribution < 1.29 is 4.39 Å². The molecule has 0 fully saturated rings. The number of halogens is 1. The number of benzene rings is 2. The normalized spacial score (nSPS) is 10.4. The van der Waals surface area contributed by atoms with Crippen LogP contribution in [0.3, 0.4) is 0 Å². The minimum Gasteiger partial charge on any atom is -0.385 e. The molecule has 0 radical (unpaired) electrons. The second-order valence-corrected chi connectivity index (χ2v) is 4.27. The largest absolute Gasteiger partial charge is 0.385 e. The summed E-state index contributed by atoms with van der Waals surface area (Å²) in [6, 6.07) is 13.1. The Labute approximate surface area is 108 Å². The van der Waals surface area contributed by atoms with E-state index in [2.05, 4.69) is 24.4 Å². The predicted molar refractivity (Wildman–Crippen MR) is 75.4 cm³/mol. The van der Waals surface area contributed by atoms with Gasteiger partial charge in [0.2, 0.25) is 0 Å². The summed E-state index contributed by atoms with van der Waals surface area (Å²) in [6.07, 6.45) is 0.986. The molecule has 0 saturated heterocycles. The molecule has 2 aromatic rings. The van der Waals surface area contributed by atoms with E-state index in [0.717, 1.165) is 29.8 Å². The van der Waals surface area contributed by atoms with E-state index in [4.69, 9.17) is 0 Å². The zero-order chi connectivity index (χ0) is 13.0. The van der Waals surface area contributed by atoms with Gasteiger partial charge in [0, 0.05) is 17.8 Å². The Morgan fingerprint density at radius 3 is 2.61 bits per heavy atom. The highest BCUT2D eigenvalue weighted by molar-refractivity contribution is 5.78. The molecule has 94 valence electrons. The molecule has 1 nitrogen and oxygen atoms in total. The average molecular weight is 243 g/mol. The summed E-state index contributed by atoms with van der Waals surface area (Å²) in [5, 5.41) is 3.27. The Bertz CT molecular complexity index is 534. The molecule has 0 atom stereocenters. The standard InChI is InChI=1S/C16H18FN/c1-3-12-6-5-7-13(10-12)15-11-14(17)8-9-16(15)18-4-2/h5-11,18H,3-4H2,1-2H3. The third kappa shape index (κ3) is 2.70. The quantitative estimate of drug-likeness (QED) is 0.834. The second-order valence-electron chi connectivity index (χ2n) is 4.27. The van der Waals surface area contributed by atoms with Gasteiger partial charge in [-0.3, -0.25) is 0 Å². The van der Waals surface area contributed by atoms with E-state index in [0.29, 0.717) is 0 Å². The van der Waals surface area contributed by atoms with Crippen molar-refractivity contribution in [3.8, 4) is 11.1 Å². The maximum absolute atomic E-state index is 13.4. The summed E-state index contributed by atoms with van der Waals surface area (Å²) < 4.78 is 13.4. The van der Waals surface area contributed by atoms with Crippen LogP contribution >= 0.6 is 0 Å². The highest BCUT2D eigenvalue weighted by atomic mass is 19.1. The minimum absolute atomic E-state index is 0.200. The predicted octanol–water partition coefficient (Wildman–Crippen LogP) is 4.49. The van der Waals surface area contributed by atoms with Crippen molar-refractivity contribution >= 4 is 5.69 Å². The van der Waals surface area contributed by atoms with Gasteiger partial charge in [-0.25, -0.2) is 4.39 Å². The Hall–Kier alpha value is -1.83. The number of hydrogen-bond donors (Lipinski definition) is 1. The van der Waals surface area contributed by atoms with Crippen molar-refractivity contribution in [2.24, 2.45) is 0 Å². The van der Waals surface area contributed by atoms with Crippen molar-refractivity contribution in [2.45, 2.75) is 20.3 Å². The molecule has 1 N–H and O–H groups in total. The second kappa shape index (κ2) is 5.67. The Morgan fingerprint density at radius 2 is 1.89 bits per heavy atom. The van der Waals surface area contributed by atoms with Crippen LogP contribution in [0.2, 0.25) is 0 Å². The Kier molecular flexibility index (Phi) is 3.98. The van der Waals surface area contributed by atoms with Crippen LogP contribution < -0.4 is 5.32 Å². The van der Waals surface area contributed by atoms with Gasteiger partial charge in [-0.2, -0.15) is 0 Å². The summed E-state index contributed by atoms with van der Waals surface area (Å²) in [5.41, 5.74) is 4.23. The van der Waals surface area contributed by atoms with Crippen molar-refractivity contribution in [1.29, 1.82) is 0 Å². The molecular formula is C16H18FN. The summed E-state index contributed by atoms with van der Waals surface area (Å²) >= 11 is 0. The number of aryl methyl sites for hydroxylation is 1. The fourth-order valence-corrected chi connectivity index (χ4v) is 2.06. The molecule has 2 aromatic carbocycles. The molecule has 0 heterocycles. The molecule has 0 aliphatic rings. The van der Waals surface area contributed by atoms with E-state index in [1.165, 1.54) is 11.6 Å². The van der Waals surface area contributed by atoms with Crippen LogP contribution in [0.4, 0.5) is 10.1 Å². The van der Waals surface area contributed by atoms with Crippen LogP contribution in [-0.4, -0.2) is 6.54 Å². The zero-order valence-electron chi connectivity index (χ0n) is 10.8. The minimum atomic E-state index is -0.200. The molecule has 0 spiro atoms. The van der Waals surface area contributed by atoms with E-state index < -0.39 is 0 Å². The van der Waals surface area contributed by atoms with Crippen LogP contribution in [0.1, 0.15) is 19.4 Å². The number of hydrogen-bond acceptors (Lipinski definition) is 1. The van der Waals surface area contributed by atoms with Gasteiger partial charge in [-0.05, 0) is 42.7 Å². The van der Waals surface area contributed by atoms with E-state index in [1.807, 2.05) is 19.1 Å². The first-order chi connectivity index (χ1) is 8.74. The molecule has 0 amide bonds. The third-order valence-corrected chi connectivity index (χ3v) is 3.00. The molecular weight excluding hydrogens is 225 g/mol. The van der Waals surface area contributed by atoms with Gasteiger partial charge < -0.3 is 5.32 Å². The zero-order valence-corrected chi connectivity index (χ0v) is 10.8.